The van der Waals surface area contributed by atoms with Crippen LogP contribution in [0.1, 0.15) is 17.3 Å². The number of nitrogens with one attached hydrogen (secondary N) is 1. The van der Waals surface area contributed by atoms with Crippen molar-refractivity contribution in [2.45, 2.75) is 6.92 Å². The van der Waals surface area contributed by atoms with E-state index in [1.807, 2.05) is 55.5 Å². The molecule has 0 radical (unpaired) electrons. The van der Waals surface area contributed by atoms with Crippen LogP contribution >= 0.6 is 11.3 Å². The summed E-state index contributed by atoms with van der Waals surface area (Å²) in [6, 6.07) is 16.6. The van der Waals surface area contributed by atoms with Gasteiger partial charge in [-0.2, -0.15) is 0 Å². The van der Waals surface area contributed by atoms with Crippen LogP contribution in [0.4, 0.5) is 10.8 Å². The number of anilines is 1. The molecule has 0 saturated carbocycles. The Balaban J connectivity index is 1.87. The predicted octanol–water partition coefficient (Wildman–Crippen LogP) is 4.77. The van der Waals surface area contributed by atoms with Gasteiger partial charge in [-0.3, -0.25) is 10.1 Å². The van der Waals surface area contributed by atoms with Crippen molar-refractivity contribution in [3.63, 3.8) is 0 Å². The smallest absolute Gasteiger partial charge is 0.262 e. The van der Waals surface area contributed by atoms with Crippen molar-refractivity contribution in [3.05, 3.63) is 77.3 Å². The summed E-state index contributed by atoms with van der Waals surface area (Å²) < 4.78 is 11.6. The molecule has 4 aromatic rings. The van der Waals surface area contributed by atoms with Gasteiger partial charge in [0.15, 0.2) is 5.13 Å². The molecule has 4 rings (SSSR count). The number of carbonyl (C=O) groups is 1. The minimum Gasteiger partial charge on any atom is -0.492 e. The number of ether oxygens (including phenoxy) is 1. The van der Waals surface area contributed by atoms with E-state index in [0.29, 0.717) is 34.3 Å². The Morgan fingerprint density at radius 1 is 1.21 bits per heavy atom. The van der Waals surface area contributed by atoms with Gasteiger partial charge in [-0.15, -0.1) is 11.3 Å². The Kier molecular flexibility index (Phi) is 5.16. The van der Waals surface area contributed by atoms with E-state index < -0.39 is 0 Å². The van der Waals surface area contributed by atoms with Gasteiger partial charge < -0.3 is 9.15 Å². The van der Waals surface area contributed by atoms with Gasteiger partial charge in [0.2, 0.25) is 5.55 Å². The molecule has 0 atom stereocenters. The molecular weight excluding hydrogens is 374 g/mol. The normalized spacial score (nSPS) is 11.5. The molecule has 7 heteroatoms. The molecule has 0 aliphatic carbocycles. The first-order chi connectivity index (χ1) is 13.7. The lowest BCUT2D eigenvalue weighted by Crippen LogP contribution is -2.21. The second-order valence-electron chi connectivity index (χ2n) is 5.81. The van der Waals surface area contributed by atoms with Gasteiger partial charge in [0.05, 0.1) is 6.61 Å². The van der Waals surface area contributed by atoms with Crippen molar-refractivity contribution in [2.24, 2.45) is 4.99 Å². The van der Waals surface area contributed by atoms with Crippen LogP contribution in [0.2, 0.25) is 0 Å². The number of fused-ring (bicyclic) bond motifs is 1. The molecule has 1 N–H and O–H groups in total. The number of rotatable bonds is 5. The average molecular weight is 391 g/mol. The highest BCUT2D eigenvalue weighted by molar-refractivity contribution is 7.13. The Morgan fingerprint density at radius 3 is 2.86 bits per heavy atom. The average Bonchev–Trinajstić information content (AvgIpc) is 3.22. The Bertz CT molecular complexity index is 1180. The fraction of sp³-hybridized carbons (Fsp3) is 0.0952. The third kappa shape index (κ3) is 3.79. The lowest BCUT2D eigenvalue weighted by Gasteiger charge is -2.07. The predicted molar refractivity (Wildman–Crippen MR) is 109 cm³/mol. The van der Waals surface area contributed by atoms with Gasteiger partial charge >= 0.3 is 0 Å². The van der Waals surface area contributed by atoms with Crippen molar-refractivity contribution >= 4 is 39.0 Å². The van der Waals surface area contributed by atoms with Crippen LogP contribution in [-0.2, 0) is 0 Å². The Hall–Kier alpha value is -3.45. The lowest BCUT2D eigenvalue weighted by molar-refractivity contribution is 0.102. The number of hydrogen-bond acceptors (Lipinski definition) is 6. The summed E-state index contributed by atoms with van der Waals surface area (Å²) in [5.74, 6) is 0.289. The van der Waals surface area contributed by atoms with E-state index in [9.17, 15) is 4.79 Å². The summed E-state index contributed by atoms with van der Waals surface area (Å²) in [7, 11) is 0. The zero-order valence-electron chi connectivity index (χ0n) is 15.1. The van der Waals surface area contributed by atoms with Crippen molar-refractivity contribution < 1.29 is 13.9 Å². The van der Waals surface area contributed by atoms with Crippen LogP contribution in [-0.4, -0.2) is 17.5 Å². The number of thiazole rings is 1. The summed E-state index contributed by atoms with van der Waals surface area (Å²) in [5, 5.41) is 5.90. The SMILES string of the molecule is CCOc1ccccc1N=c1oc2ccccc2cc1C(=O)Nc1nccs1. The second kappa shape index (κ2) is 8.06. The topological polar surface area (TPSA) is 76.7 Å². The Labute approximate surface area is 165 Å². The molecule has 0 spiro atoms. The van der Waals surface area contributed by atoms with Gasteiger partial charge in [-0.05, 0) is 31.2 Å². The van der Waals surface area contributed by atoms with E-state index in [1.54, 1.807) is 17.6 Å². The molecule has 0 aliphatic heterocycles. The number of hydrogen-bond donors (Lipinski definition) is 1. The van der Waals surface area contributed by atoms with Crippen LogP contribution in [0, 0.1) is 0 Å². The maximum absolute atomic E-state index is 12.9. The minimum atomic E-state index is -0.336. The summed E-state index contributed by atoms with van der Waals surface area (Å²) in [4.78, 5) is 21.6. The van der Waals surface area contributed by atoms with Crippen molar-refractivity contribution in [1.29, 1.82) is 0 Å². The van der Waals surface area contributed by atoms with Crippen molar-refractivity contribution in [3.8, 4) is 5.75 Å². The maximum Gasteiger partial charge on any atom is 0.262 e. The van der Waals surface area contributed by atoms with E-state index in [1.165, 1.54) is 11.3 Å². The molecule has 28 heavy (non-hydrogen) atoms. The first-order valence-electron chi connectivity index (χ1n) is 8.75. The summed E-state index contributed by atoms with van der Waals surface area (Å²) in [6.07, 6.45) is 1.63. The molecule has 0 bridgehead atoms. The zero-order chi connectivity index (χ0) is 19.3. The van der Waals surface area contributed by atoms with Crippen LogP contribution in [0.5, 0.6) is 5.75 Å². The van der Waals surface area contributed by atoms with Crippen molar-refractivity contribution in [1.82, 2.24) is 4.98 Å². The highest BCUT2D eigenvalue weighted by Gasteiger charge is 2.14. The molecule has 140 valence electrons. The van der Waals surface area contributed by atoms with E-state index in [-0.39, 0.29) is 11.5 Å². The number of carbonyl (C=O) groups excluding carboxylic acids is 1. The van der Waals surface area contributed by atoms with E-state index in [4.69, 9.17) is 9.15 Å². The first kappa shape index (κ1) is 17.9. The number of para-hydroxylation sites is 3. The van der Waals surface area contributed by atoms with Crippen LogP contribution in [0.15, 0.2) is 75.6 Å². The molecule has 6 nitrogen and oxygen atoms in total. The molecule has 1 amide bonds. The van der Waals surface area contributed by atoms with Crippen LogP contribution in [0.3, 0.4) is 0 Å². The molecule has 2 aromatic carbocycles. The third-order valence-electron chi connectivity index (χ3n) is 3.94. The number of amides is 1. The largest absolute Gasteiger partial charge is 0.492 e. The van der Waals surface area contributed by atoms with E-state index >= 15 is 0 Å². The van der Waals surface area contributed by atoms with E-state index in [2.05, 4.69) is 15.3 Å². The molecular formula is C21H17N3O3S. The van der Waals surface area contributed by atoms with Crippen molar-refractivity contribution in [2.75, 3.05) is 11.9 Å². The van der Waals surface area contributed by atoms with Crippen LogP contribution < -0.4 is 15.6 Å². The monoisotopic (exact) mass is 391 g/mol. The first-order valence-corrected chi connectivity index (χ1v) is 9.63. The molecule has 0 aliphatic rings. The summed E-state index contributed by atoms with van der Waals surface area (Å²) in [6.45, 7) is 2.42. The summed E-state index contributed by atoms with van der Waals surface area (Å²) in [5.41, 5.74) is 1.76. The standard InChI is InChI=1S/C21H17N3O3S/c1-2-26-18-10-6-4-8-16(18)23-20-15(19(25)24-21-22-11-12-28-21)13-14-7-3-5-9-17(14)27-20/h3-13H,2H2,1H3,(H,22,24,25). The highest BCUT2D eigenvalue weighted by atomic mass is 32.1. The highest BCUT2D eigenvalue weighted by Crippen LogP contribution is 2.26. The Morgan fingerprint density at radius 2 is 2.04 bits per heavy atom. The minimum absolute atomic E-state index is 0.208. The number of benzene rings is 2. The van der Waals surface area contributed by atoms with Gasteiger partial charge in [0.1, 0.15) is 22.6 Å². The van der Waals surface area contributed by atoms with Gasteiger partial charge in [0, 0.05) is 17.0 Å². The number of nitrogens with zero attached hydrogens (tertiary/aromatic N) is 2. The van der Waals surface area contributed by atoms with Gasteiger partial charge in [0.25, 0.3) is 5.91 Å². The fourth-order valence-corrected chi connectivity index (χ4v) is 3.22. The van der Waals surface area contributed by atoms with Crippen LogP contribution in [0.25, 0.3) is 11.0 Å². The number of aromatic nitrogens is 1. The molecule has 2 aromatic heterocycles. The lowest BCUT2D eigenvalue weighted by atomic mass is 10.1. The van der Waals surface area contributed by atoms with Gasteiger partial charge in [-0.1, -0.05) is 30.3 Å². The van der Waals surface area contributed by atoms with E-state index in [0.717, 1.165) is 5.39 Å². The third-order valence-corrected chi connectivity index (χ3v) is 4.63. The zero-order valence-corrected chi connectivity index (χ0v) is 15.9. The molecule has 2 heterocycles. The quantitative estimate of drug-likeness (QED) is 0.531. The van der Waals surface area contributed by atoms with Gasteiger partial charge in [-0.25, -0.2) is 9.98 Å². The maximum atomic E-state index is 12.9. The summed E-state index contributed by atoms with van der Waals surface area (Å²) >= 11 is 1.34. The fourth-order valence-electron chi connectivity index (χ4n) is 2.70. The second-order valence-corrected chi connectivity index (χ2v) is 6.70. The molecule has 0 unspecified atom stereocenters. The molecule has 0 fully saturated rings. The molecule has 0 saturated heterocycles.